The summed E-state index contributed by atoms with van der Waals surface area (Å²) in [7, 11) is 1.59. The number of piperidine rings is 1. The Morgan fingerprint density at radius 1 is 1.36 bits per heavy atom. The normalized spacial score (nSPS) is 32.9. The quantitative estimate of drug-likeness (QED) is 0.747. The number of halogens is 1. The second kappa shape index (κ2) is 6.36. The largest absolute Gasteiger partial charge is 0.391 e. The summed E-state index contributed by atoms with van der Waals surface area (Å²) in [5, 5.41) is 13.9. The van der Waals surface area contributed by atoms with Crippen molar-refractivity contribution in [1.82, 2.24) is 10.8 Å². The van der Waals surface area contributed by atoms with E-state index >= 15 is 0 Å². The van der Waals surface area contributed by atoms with E-state index in [0.717, 1.165) is 36.1 Å². The first-order valence-electron chi connectivity index (χ1n) is 7.85. The van der Waals surface area contributed by atoms with Crippen molar-refractivity contribution in [3.05, 3.63) is 46.9 Å². The molecule has 3 N–H and O–H groups in total. The maximum atomic E-state index is 13.2. The van der Waals surface area contributed by atoms with E-state index < -0.39 is 0 Å². The molecule has 2 heterocycles. The summed E-state index contributed by atoms with van der Waals surface area (Å²) in [6, 6.07) is 6.94. The second-order valence-electron chi connectivity index (χ2n) is 6.08. The lowest BCUT2D eigenvalue weighted by atomic mass is 9.80. The number of rotatable bonds is 4. The molecular formula is C17H23FN2O2. The number of aliphatic hydroxyl groups is 1. The predicted octanol–water partition coefficient (Wildman–Crippen LogP) is 2.22. The topological polar surface area (TPSA) is 53.5 Å². The van der Waals surface area contributed by atoms with E-state index in [-0.39, 0.29) is 23.9 Å². The number of allylic oxidation sites excluding steroid dienone is 1. The van der Waals surface area contributed by atoms with Crippen LogP contribution in [0.4, 0.5) is 4.39 Å². The van der Waals surface area contributed by atoms with Gasteiger partial charge in [0.1, 0.15) is 5.82 Å². The van der Waals surface area contributed by atoms with Crippen molar-refractivity contribution in [2.45, 2.75) is 50.3 Å². The van der Waals surface area contributed by atoms with Crippen molar-refractivity contribution in [2.24, 2.45) is 0 Å². The molecule has 0 amide bonds. The van der Waals surface area contributed by atoms with Crippen LogP contribution < -0.4 is 10.8 Å². The number of nitrogens with one attached hydrogen (secondary N) is 2. The van der Waals surface area contributed by atoms with Gasteiger partial charge in [-0.05, 0) is 42.5 Å². The maximum Gasteiger partial charge on any atom is 0.123 e. The van der Waals surface area contributed by atoms with Crippen LogP contribution in [-0.4, -0.2) is 30.4 Å². The van der Waals surface area contributed by atoms with Crippen LogP contribution in [0, 0.1) is 5.82 Å². The highest BCUT2D eigenvalue weighted by Crippen LogP contribution is 2.43. The van der Waals surface area contributed by atoms with Crippen LogP contribution in [0.25, 0.3) is 0 Å². The van der Waals surface area contributed by atoms with E-state index in [1.807, 2.05) is 12.1 Å². The molecule has 2 aliphatic heterocycles. The molecule has 0 saturated carbocycles. The van der Waals surface area contributed by atoms with Gasteiger partial charge in [0.05, 0.1) is 19.3 Å². The van der Waals surface area contributed by atoms with Gasteiger partial charge in [0.2, 0.25) is 0 Å². The first-order chi connectivity index (χ1) is 10.6. The first kappa shape index (κ1) is 15.5. The highest BCUT2D eigenvalue weighted by atomic mass is 19.1. The molecule has 0 spiro atoms. The molecule has 4 atom stereocenters. The van der Waals surface area contributed by atoms with Crippen molar-refractivity contribution in [3.63, 3.8) is 0 Å². The van der Waals surface area contributed by atoms with E-state index in [4.69, 9.17) is 4.84 Å². The fourth-order valence-corrected chi connectivity index (χ4v) is 3.82. The Labute approximate surface area is 130 Å². The molecule has 0 aromatic heterocycles. The van der Waals surface area contributed by atoms with Crippen molar-refractivity contribution in [1.29, 1.82) is 0 Å². The monoisotopic (exact) mass is 306 g/mol. The molecule has 2 saturated heterocycles. The van der Waals surface area contributed by atoms with Crippen LogP contribution in [0.2, 0.25) is 0 Å². The zero-order valence-electron chi connectivity index (χ0n) is 13.0. The van der Waals surface area contributed by atoms with Crippen LogP contribution >= 0.6 is 0 Å². The molecule has 2 unspecified atom stereocenters. The van der Waals surface area contributed by atoms with Gasteiger partial charge in [-0.1, -0.05) is 19.1 Å². The number of hydrogen-bond donors (Lipinski definition) is 3. The third-order valence-corrected chi connectivity index (χ3v) is 4.76. The third kappa shape index (κ3) is 2.76. The molecule has 4 nitrogen and oxygen atoms in total. The molecule has 3 rings (SSSR count). The standard InChI is InChI=1S/C17H23FN2O2/c1-3-14(20-22-2)16-13(10-4-6-11(18)7-5-10)8-12-9-15(21)17(16)19-12/h4-7,12-13,15,17,19-21H,3,8-9H2,1-2H3/t12?,13-,15?,17-/m0/s1. The number of benzene rings is 1. The Morgan fingerprint density at radius 2 is 2.09 bits per heavy atom. The van der Waals surface area contributed by atoms with Gasteiger partial charge < -0.3 is 10.4 Å². The van der Waals surface area contributed by atoms with Gasteiger partial charge in [-0.2, -0.15) is 0 Å². The Bertz CT molecular complexity index is 558. The molecular weight excluding hydrogens is 283 g/mol. The molecule has 2 fully saturated rings. The summed E-state index contributed by atoms with van der Waals surface area (Å²) in [6.07, 6.45) is 2.07. The average molecular weight is 306 g/mol. The van der Waals surface area contributed by atoms with Gasteiger partial charge in [-0.3, -0.25) is 10.3 Å². The lowest BCUT2D eigenvalue weighted by Crippen LogP contribution is -2.44. The minimum absolute atomic E-state index is 0.0635. The predicted molar refractivity (Wildman–Crippen MR) is 82.6 cm³/mol. The minimum Gasteiger partial charge on any atom is -0.391 e. The molecule has 0 radical (unpaired) electrons. The fraction of sp³-hybridized carbons (Fsp3) is 0.529. The summed E-state index contributed by atoms with van der Waals surface area (Å²) in [6.45, 7) is 2.06. The summed E-state index contributed by atoms with van der Waals surface area (Å²) >= 11 is 0. The van der Waals surface area contributed by atoms with Crippen molar-refractivity contribution >= 4 is 0 Å². The SMILES string of the molecule is CCC(NOC)=C1[C@H](c2ccc(F)cc2)CC2CC(O)[C@@H]1N2. The molecule has 0 aliphatic carbocycles. The Hall–Kier alpha value is -1.43. The minimum atomic E-state index is -0.384. The summed E-state index contributed by atoms with van der Waals surface area (Å²) < 4.78 is 13.2. The molecule has 2 bridgehead atoms. The van der Waals surface area contributed by atoms with Crippen LogP contribution in [0.1, 0.15) is 37.7 Å². The van der Waals surface area contributed by atoms with E-state index in [1.54, 1.807) is 7.11 Å². The van der Waals surface area contributed by atoms with Crippen LogP contribution in [0.5, 0.6) is 0 Å². The van der Waals surface area contributed by atoms with Crippen LogP contribution in [0.15, 0.2) is 35.5 Å². The van der Waals surface area contributed by atoms with Gasteiger partial charge in [0.15, 0.2) is 0 Å². The van der Waals surface area contributed by atoms with Gasteiger partial charge >= 0.3 is 0 Å². The van der Waals surface area contributed by atoms with E-state index in [0.29, 0.717) is 6.04 Å². The molecule has 5 heteroatoms. The molecule has 1 aromatic rings. The maximum absolute atomic E-state index is 13.2. The number of fused-ring (bicyclic) bond motifs is 2. The highest BCUT2D eigenvalue weighted by Gasteiger charge is 2.44. The van der Waals surface area contributed by atoms with E-state index in [2.05, 4.69) is 17.7 Å². The van der Waals surface area contributed by atoms with Gasteiger partial charge in [-0.25, -0.2) is 4.39 Å². The summed E-state index contributed by atoms with van der Waals surface area (Å²) in [5.41, 5.74) is 6.19. The van der Waals surface area contributed by atoms with Crippen molar-refractivity contribution in [2.75, 3.05) is 7.11 Å². The average Bonchev–Trinajstić information content (AvgIpc) is 2.81. The van der Waals surface area contributed by atoms with E-state index in [9.17, 15) is 9.50 Å². The van der Waals surface area contributed by atoms with E-state index in [1.165, 1.54) is 12.1 Å². The lowest BCUT2D eigenvalue weighted by Gasteiger charge is -2.35. The van der Waals surface area contributed by atoms with Gasteiger partial charge in [0, 0.05) is 17.7 Å². The van der Waals surface area contributed by atoms with Crippen LogP contribution in [-0.2, 0) is 4.84 Å². The summed E-state index contributed by atoms with van der Waals surface area (Å²) in [5.74, 6) is -0.0523. The Morgan fingerprint density at radius 3 is 2.73 bits per heavy atom. The molecule has 120 valence electrons. The zero-order chi connectivity index (χ0) is 15.7. The molecule has 1 aromatic carbocycles. The van der Waals surface area contributed by atoms with Crippen LogP contribution in [0.3, 0.4) is 0 Å². The molecule has 22 heavy (non-hydrogen) atoms. The zero-order valence-corrected chi connectivity index (χ0v) is 13.0. The van der Waals surface area contributed by atoms with Gasteiger partial charge in [0.25, 0.3) is 0 Å². The van der Waals surface area contributed by atoms with Gasteiger partial charge in [-0.15, -0.1) is 0 Å². The fourth-order valence-electron chi connectivity index (χ4n) is 3.82. The Balaban J connectivity index is 2.04. The third-order valence-electron chi connectivity index (χ3n) is 4.76. The molecule has 2 aliphatic rings. The smallest absolute Gasteiger partial charge is 0.123 e. The van der Waals surface area contributed by atoms with Crippen molar-refractivity contribution < 1.29 is 14.3 Å². The summed E-state index contributed by atoms with van der Waals surface area (Å²) in [4.78, 5) is 5.12. The number of hydrogen-bond acceptors (Lipinski definition) is 4. The number of aliphatic hydroxyl groups excluding tert-OH is 1. The highest BCUT2D eigenvalue weighted by molar-refractivity contribution is 5.39. The number of hydroxylamine groups is 1. The lowest BCUT2D eigenvalue weighted by molar-refractivity contribution is 0.111. The van der Waals surface area contributed by atoms with Crippen molar-refractivity contribution in [3.8, 4) is 0 Å². The second-order valence-corrected chi connectivity index (χ2v) is 6.08. The Kier molecular flexibility index (Phi) is 4.47. The first-order valence-corrected chi connectivity index (χ1v) is 7.85.